The molecule has 0 atom stereocenters. The molecule has 0 aromatic heterocycles. The molecule has 4 aromatic rings. The van der Waals surface area contributed by atoms with Crippen molar-refractivity contribution in [2.24, 2.45) is 0 Å². The predicted molar refractivity (Wildman–Crippen MR) is 142 cm³/mol. The maximum Gasteiger partial charge on any atom is 0.259 e. The summed E-state index contributed by atoms with van der Waals surface area (Å²) < 4.78 is 11.5. The first-order valence-corrected chi connectivity index (χ1v) is 11.8. The van der Waals surface area contributed by atoms with Gasteiger partial charge in [-0.2, -0.15) is 0 Å². The fraction of sp³-hybridized carbons (Fsp3) is 0.133. The number of anilines is 2. The number of rotatable bonds is 10. The van der Waals surface area contributed by atoms with Gasteiger partial charge in [-0.15, -0.1) is 0 Å². The number of hydrogen-bond acceptors (Lipinski definition) is 4. The highest BCUT2D eigenvalue weighted by molar-refractivity contribution is 6.09. The summed E-state index contributed by atoms with van der Waals surface area (Å²) in [6, 6.07) is 33.0. The third-order valence-electron chi connectivity index (χ3n) is 5.48. The molecule has 0 aliphatic heterocycles. The number of benzene rings is 4. The summed E-state index contributed by atoms with van der Waals surface area (Å²) in [6.07, 6.45) is 0. The monoisotopic (exact) mass is 480 g/mol. The highest BCUT2D eigenvalue weighted by Crippen LogP contribution is 2.22. The lowest BCUT2D eigenvalue weighted by Crippen LogP contribution is -2.30. The lowest BCUT2D eigenvalue weighted by molar-refractivity contribution is 0.0985. The van der Waals surface area contributed by atoms with Gasteiger partial charge in [-0.25, -0.2) is 0 Å². The average molecular weight is 481 g/mol. The van der Waals surface area contributed by atoms with Crippen LogP contribution in [0, 0.1) is 0 Å². The largest absolute Gasteiger partial charge is 0.490 e. The van der Waals surface area contributed by atoms with E-state index < -0.39 is 0 Å². The number of para-hydroxylation sites is 3. The minimum Gasteiger partial charge on any atom is -0.490 e. The molecule has 6 heteroatoms. The van der Waals surface area contributed by atoms with E-state index in [2.05, 4.69) is 5.32 Å². The Labute approximate surface area is 211 Å². The average Bonchev–Trinajstić information content (AvgIpc) is 2.93. The first-order chi connectivity index (χ1) is 17.7. The van der Waals surface area contributed by atoms with Gasteiger partial charge in [-0.1, -0.05) is 54.6 Å². The van der Waals surface area contributed by atoms with E-state index in [-0.39, 0.29) is 18.4 Å². The number of ether oxygens (including phenoxy) is 2. The highest BCUT2D eigenvalue weighted by atomic mass is 16.5. The number of carbonyl (C=O) groups excluding carboxylic acids is 2. The lowest BCUT2D eigenvalue weighted by atomic mass is 10.1. The topological polar surface area (TPSA) is 67.9 Å². The third kappa shape index (κ3) is 6.30. The standard InChI is InChI=1S/C30H28N2O4/c1-2-32(25-14-5-3-6-15-25)30(34)23-12-11-13-24(22-23)31-29(33)27-18-9-10-19-28(27)36-21-20-35-26-16-7-4-8-17-26/h3-19,22H,2,20-21H2,1H3,(H,31,33). The van der Waals surface area contributed by atoms with Crippen molar-refractivity contribution in [1.82, 2.24) is 0 Å². The Balaban J connectivity index is 1.41. The van der Waals surface area contributed by atoms with Crippen LogP contribution < -0.4 is 19.7 Å². The first-order valence-electron chi connectivity index (χ1n) is 11.8. The predicted octanol–water partition coefficient (Wildman–Crippen LogP) is 6.06. The van der Waals surface area contributed by atoms with Gasteiger partial charge in [0, 0.05) is 23.5 Å². The van der Waals surface area contributed by atoms with Gasteiger partial charge in [-0.3, -0.25) is 9.59 Å². The molecule has 0 fully saturated rings. The molecule has 0 radical (unpaired) electrons. The summed E-state index contributed by atoms with van der Waals surface area (Å²) in [6.45, 7) is 3.09. The summed E-state index contributed by atoms with van der Waals surface area (Å²) >= 11 is 0. The van der Waals surface area contributed by atoms with E-state index in [4.69, 9.17) is 9.47 Å². The summed E-state index contributed by atoms with van der Waals surface area (Å²) in [5.41, 5.74) is 2.23. The Morgan fingerprint density at radius 3 is 2.17 bits per heavy atom. The molecular weight excluding hydrogens is 452 g/mol. The van der Waals surface area contributed by atoms with Gasteiger partial charge in [0.1, 0.15) is 24.7 Å². The van der Waals surface area contributed by atoms with Crippen LogP contribution in [0.3, 0.4) is 0 Å². The van der Waals surface area contributed by atoms with Crippen LogP contribution in [0.25, 0.3) is 0 Å². The van der Waals surface area contributed by atoms with Crippen molar-refractivity contribution < 1.29 is 19.1 Å². The number of nitrogens with zero attached hydrogens (tertiary/aromatic N) is 1. The van der Waals surface area contributed by atoms with Gasteiger partial charge in [0.05, 0.1) is 5.56 Å². The van der Waals surface area contributed by atoms with Crippen molar-refractivity contribution in [1.29, 1.82) is 0 Å². The van der Waals surface area contributed by atoms with E-state index in [0.717, 1.165) is 11.4 Å². The second kappa shape index (κ2) is 12.2. The molecule has 182 valence electrons. The van der Waals surface area contributed by atoms with Crippen LogP contribution in [0.15, 0.2) is 109 Å². The summed E-state index contributed by atoms with van der Waals surface area (Å²) in [4.78, 5) is 27.9. The van der Waals surface area contributed by atoms with E-state index in [1.807, 2.05) is 73.7 Å². The second-order valence-electron chi connectivity index (χ2n) is 7.93. The molecule has 0 saturated carbocycles. The van der Waals surface area contributed by atoms with E-state index in [9.17, 15) is 9.59 Å². The Bertz CT molecular complexity index is 1290. The fourth-order valence-electron chi connectivity index (χ4n) is 3.74. The maximum absolute atomic E-state index is 13.2. The van der Waals surface area contributed by atoms with Crippen molar-refractivity contribution in [3.8, 4) is 11.5 Å². The molecule has 0 heterocycles. The summed E-state index contributed by atoms with van der Waals surface area (Å²) in [5.74, 6) is 0.757. The van der Waals surface area contributed by atoms with E-state index in [1.54, 1.807) is 47.4 Å². The molecule has 36 heavy (non-hydrogen) atoms. The van der Waals surface area contributed by atoms with E-state index in [0.29, 0.717) is 35.7 Å². The van der Waals surface area contributed by atoms with Crippen LogP contribution in [-0.2, 0) is 0 Å². The third-order valence-corrected chi connectivity index (χ3v) is 5.48. The minimum atomic E-state index is -0.324. The Morgan fingerprint density at radius 2 is 1.42 bits per heavy atom. The highest BCUT2D eigenvalue weighted by Gasteiger charge is 2.17. The minimum absolute atomic E-state index is 0.137. The van der Waals surface area contributed by atoms with Crippen molar-refractivity contribution in [2.45, 2.75) is 6.92 Å². The Morgan fingerprint density at radius 1 is 0.750 bits per heavy atom. The summed E-state index contributed by atoms with van der Waals surface area (Å²) in [7, 11) is 0. The van der Waals surface area contributed by atoms with Gasteiger partial charge >= 0.3 is 0 Å². The quantitative estimate of drug-likeness (QED) is 0.280. The Kier molecular flexibility index (Phi) is 8.33. The number of carbonyl (C=O) groups is 2. The van der Waals surface area contributed by atoms with Crippen LogP contribution in [0.1, 0.15) is 27.6 Å². The zero-order valence-electron chi connectivity index (χ0n) is 20.1. The molecule has 2 amide bonds. The van der Waals surface area contributed by atoms with Crippen molar-refractivity contribution in [2.75, 3.05) is 30.0 Å². The molecule has 6 nitrogen and oxygen atoms in total. The Hall–Kier alpha value is -4.58. The second-order valence-corrected chi connectivity index (χ2v) is 7.93. The van der Waals surface area contributed by atoms with Crippen LogP contribution >= 0.6 is 0 Å². The molecular formula is C30H28N2O4. The van der Waals surface area contributed by atoms with Gasteiger partial charge in [0.2, 0.25) is 0 Å². The number of amides is 2. The molecule has 4 rings (SSSR count). The van der Waals surface area contributed by atoms with E-state index in [1.165, 1.54) is 0 Å². The smallest absolute Gasteiger partial charge is 0.259 e. The fourth-order valence-corrected chi connectivity index (χ4v) is 3.74. The van der Waals surface area contributed by atoms with Crippen molar-refractivity contribution >= 4 is 23.2 Å². The van der Waals surface area contributed by atoms with Gasteiger partial charge in [0.15, 0.2) is 0 Å². The van der Waals surface area contributed by atoms with Gasteiger partial charge in [0.25, 0.3) is 11.8 Å². The SMILES string of the molecule is CCN(C(=O)c1cccc(NC(=O)c2ccccc2OCCOc2ccccc2)c1)c1ccccc1. The van der Waals surface area contributed by atoms with Gasteiger partial charge in [-0.05, 0) is 61.5 Å². The van der Waals surface area contributed by atoms with Crippen LogP contribution in [0.4, 0.5) is 11.4 Å². The van der Waals surface area contributed by atoms with Crippen molar-refractivity contribution in [3.05, 3.63) is 120 Å². The summed E-state index contributed by atoms with van der Waals surface area (Å²) in [5, 5.41) is 2.89. The molecule has 4 aromatic carbocycles. The molecule has 0 aliphatic rings. The van der Waals surface area contributed by atoms with E-state index >= 15 is 0 Å². The van der Waals surface area contributed by atoms with Crippen LogP contribution in [0.2, 0.25) is 0 Å². The zero-order chi connectivity index (χ0) is 25.2. The molecule has 0 saturated heterocycles. The van der Waals surface area contributed by atoms with Crippen LogP contribution in [0.5, 0.6) is 11.5 Å². The van der Waals surface area contributed by atoms with Crippen LogP contribution in [-0.4, -0.2) is 31.6 Å². The zero-order valence-corrected chi connectivity index (χ0v) is 20.1. The molecule has 0 aliphatic carbocycles. The van der Waals surface area contributed by atoms with Gasteiger partial charge < -0.3 is 19.7 Å². The normalized spacial score (nSPS) is 10.4. The van der Waals surface area contributed by atoms with Crippen molar-refractivity contribution in [3.63, 3.8) is 0 Å². The molecule has 0 unspecified atom stereocenters. The molecule has 0 spiro atoms. The maximum atomic E-state index is 13.2. The first kappa shape index (κ1) is 24.5. The molecule has 1 N–H and O–H groups in total. The molecule has 0 bridgehead atoms. The number of hydrogen-bond donors (Lipinski definition) is 1. The number of nitrogens with one attached hydrogen (secondary N) is 1. The lowest BCUT2D eigenvalue weighted by Gasteiger charge is -2.21.